The molecule has 0 spiro atoms. The summed E-state index contributed by atoms with van der Waals surface area (Å²) in [5.74, 6) is 2.77. The molecule has 9 heterocycles. The van der Waals surface area contributed by atoms with Crippen molar-refractivity contribution < 1.29 is 35.8 Å². The van der Waals surface area contributed by atoms with Gasteiger partial charge in [0.1, 0.15) is 51.3 Å². The van der Waals surface area contributed by atoms with Gasteiger partial charge in [-0.2, -0.15) is 19.6 Å². The number of likely N-dealkylation sites (N-methyl/N-ethyl adjacent to an activating group) is 1. The molecule has 3 atom stereocenters. The fraction of sp³-hybridized carbons (Fsp3) is 0.541. The van der Waals surface area contributed by atoms with Crippen LogP contribution in [0.2, 0.25) is 0 Å². The number of likely N-dealkylation sites (tertiary alicyclic amines) is 1. The topological polar surface area (TPSA) is 324 Å². The Morgan fingerprint density at radius 3 is 1.62 bits per heavy atom. The van der Waals surface area contributed by atoms with Gasteiger partial charge in [0.15, 0.2) is 21.5 Å². The first-order valence-electron chi connectivity index (χ1n) is 37.0. The third-order valence-corrected chi connectivity index (χ3v) is 22.7. The second-order valence-electron chi connectivity index (χ2n) is 27.3. The highest BCUT2D eigenvalue weighted by Gasteiger charge is 2.33. The molecule has 3 aliphatic heterocycles. The Morgan fingerprint density at radius 2 is 1.09 bits per heavy atom. The second kappa shape index (κ2) is 35.5. The Hall–Kier alpha value is -8.14. The first-order valence-corrected chi connectivity index (χ1v) is 40.3. The van der Waals surface area contributed by atoms with Gasteiger partial charge in [0.25, 0.3) is 11.1 Å². The van der Waals surface area contributed by atoms with Crippen LogP contribution in [0.1, 0.15) is 141 Å². The molecule has 1 unspecified atom stereocenters. The van der Waals surface area contributed by atoms with E-state index in [1.54, 1.807) is 53.8 Å². The van der Waals surface area contributed by atoms with Crippen LogP contribution in [0, 0.1) is 4.64 Å². The Balaban J connectivity index is 0.000000169. The molecular weight excluding hydrogens is 1400 g/mol. The van der Waals surface area contributed by atoms with Gasteiger partial charge in [-0.1, -0.05) is 73.0 Å². The lowest BCUT2D eigenvalue weighted by Gasteiger charge is -2.35. The lowest BCUT2D eigenvalue weighted by molar-refractivity contribution is 0.0859. The molecule has 5 N–H and O–H groups in total. The number of sulfonamides is 2. The first kappa shape index (κ1) is 79.4. The number of aryl methyl sites for hydroxylation is 6. The number of carbonyl (C=O) groups is 1. The average Bonchev–Trinajstić information content (AvgIpc) is 1.69. The molecule has 0 radical (unpaired) electrons. The monoisotopic (exact) mass is 1500 g/mol. The minimum absolute atomic E-state index is 0.0507. The maximum absolute atomic E-state index is 13.5. The highest BCUT2D eigenvalue weighted by Crippen LogP contribution is 2.36. The fourth-order valence-electron chi connectivity index (χ4n) is 13.9. The van der Waals surface area contributed by atoms with Crippen LogP contribution in [0.25, 0.3) is 67.3 Å². The third kappa shape index (κ3) is 18.5. The molecule has 9 aromatic rings. The molecule has 0 saturated carbocycles. The van der Waals surface area contributed by atoms with Crippen LogP contribution in [-0.2, 0) is 60.5 Å². The van der Waals surface area contributed by atoms with Crippen LogP contribution in [0.3, 0.4) is 0 Å². The normalized spacial score (nSPS) is 17.1. The molecule has 568 valence electrons. The van der Waals surface area contributed by atoms with Crippen molar-refractivity contribution in [3.05, 3.63) is 103 Å². The van der Waals surface area contributed by atoms with Crippen LogP contribution >= 0.6 is 12.2 Å². The molecule has 3 saturated heterocycles. The summed E-state index contributed by atoms with van der Waals surface area (Å²) < 4.78 is 80.6. The maximum Gasteiger partial charge on any atom is 0.277 e. The fourth-order valence-corrected chi connectivity index (χ4v) is 16.9. The van der Waals surface area contributed by atoms with E-state index in [1.165, 1.54) is 21.1 Å². The standard InChI is InChI=1S/C26H36N6O3.C25H36N6O4S.C23H32N6O3S2/c1-5-8-20-23-24(30(4)29-20)26(34)28-25(27-23)19-16-18(9-10-22(19)35-15-6-2)21(33)17-32-13-11-31(7-3)12-14-32;1-5-8-20-22-23(31(4)29-20)25(32)28-24(27-22)19-16-18(10-11-21(19)35-15-6-2)36(33,34)26-13-12-17-9-7-14-30(17)3;1-6-8-18-20-21(28(5)27-18)23(33)26-22(25-20)17-11-16(9-10-19(17)32-7-2)34(30,31)29-12-14(3)24-15(4)13-29/h9-10,16H,5-8,11-15,17H2,1-4H3,(H,27,28,34);10-11,16-17,26H,5-9,12-15H2,1-4H3,(H,27,28,32);9-11,14-15,24H,6-8,12-13H2,1-5H3,(H,25,26,33)/t;;14-,15+. The van der Waals surface area contributed by atoms with Crippen LogP contribution in [0.15, 0.2) is 74.0 Å². The Labute approximate surface area is 620 Å². The number of hydrogen-bond donors (Lipinski definition) is 5. The number of ketones is 1. The summed E-state index contributed by atoms with van der Waals surface area (Å²) in [5.41, 5.74) is 7.56. The van der Waals surface area contributed by atoms with E-state index in [-0.39, 0.29) is 44.6 Å². The number of hydrogen-bond acceptors (Lipinski definition) is 21. The molecule has 3 fully saturated rings. The molecular formula is C74H104N18O10S3. The maximum atomic E-state index is 13.5. The second-order valence-corrected chi connectivity index (χ2v) is 31.4. The molecule has 28 nitrogen and oxygen atoms in total. The van der Waals surface area contributed by atoms with Crippen molar-refractivity contribution >= 4 is 71.1 Å². The largest absolute Gasteiger partial charge is 0.493 e. The first-order chi connectivity index (χ1) is 50.3. The van der Waals surface area contributed by atoms with E-state index in [0.29, 0.717) is 136 Å². The summed E-state index contributed by atoms with van der Waals surface area (Å²) >= 11 is 5.60. The number of rotatable bonds is 28. The van der Waals surface area contributed by atoms with Gasteiger partial charge in [-0.25, -0.2) is 36.5 Å². The zero-order valence-corrected chi connectivity index (χ0v) is 65.5. The predicted octanol–water partition coefficient (Wildman–Crippen LogP) is 9.13. The van der Waals surface area contributed by atoms with Crippen molar-refractivity contribution in [1.29, 1.82) is 0 Å². The Bertz CT molecular complexity index is 4950. The van der Waals surface area contributed by atoms with Gasteiger partial charge >= 0.3 is 0 Å². The summed E-state index contributed by atoms with van der Waals surface area (Å²) in [5, 5.41) is 17.0. The Kier molecular flexibility index (Phi) is 26.9. The van der Waals surface area contributed by atoms with Crippen LogP contribution in [-0.4, -0.2) is 211 Å². The van der Waals surface area contributed by atoms with Crippen LogP contribution in [0.4, 0.5) is 0 Å². The van der Waals surface area contributed by atoms with Crippen molar-refractivity contribution in [2.24, 2.45) is 21.1 Å². The molecule has 0 amide bonds. The number of H-pyrrole nitrogens is 3. The van der Waals surface area contributed by atoms with Gasteiger partial charge in [0, 0.05) is 90.6 Å². The zero-order chi connectivity index (χ0) is 75.4. The molecule has 0 aliphatic carbocycles. The van der Waals surface area contributed by atoms with Crippen LogP contribution in [0.5, 0.6) is 17.2 Å². The van der Waals surface area contributed by atoms with Crippen molar-refractivity contribution in [3.63, 3.8) is 0 Å². The van der Waals surface area contributed by atoms with E-state index in [1.807, 2.05) is 60.7 Å². The van der Waals surface area contributed by atoms with E-state index in [0.717, 1.165) is 132 Å². The van der Waals surface area contributed by atoms with Crippen molar-refractivity contribution in [3.8, 4) is 51.4 Å². The lowest BCUT2D eigenvalue weighted by atomic mass is 10.0. The van der Waals surface area contributed by atoms with Crippen molar-refractivity contribution in [2.75, 3.05) is 92.3 Å². The highest BCUT2D eigenvalue weighted by molar-refractivity contribution is 7.89. The van der Waals surface area contributed by atoms with E-state index in [2.05, 4.69) is 87.8 Å². The SMILES string of the molecule is CCCOc1ccc(C(=O)CN2CCN(CC)CC2)cc1-c1nc2c(CCC)nn(C)c2c(=O)[nH]1.CCCOc1ccc(S(=O)(=O)NCCC2CCCN2C)cc1-c1nc2c(CCC)nn(C)c2c(=O)[nH]1.CCCc1nn(C)c2c(=S)nc(-c3cc(S(=O)(=O)N4C[C@@H](C)N[C@@H](C)C4)ccc3OCC)[nH]c12. The van der Waals surface area contributed by atoms with Crippen molar-refractivity contribution in [1.82, 2.24) is 88.3 Å². The van der Waals surface area contributed by atoms with Gasteiger partial charge < -0.3 is 44.3 Å². The number of aromatic nitrogens is 12. The quantitative estimate of drug-likeness (QED) is 0.0225. The molecule has 3 aromatic carbocycles. The number of fused-ring (bicyclic) bond motifs is 3. The average molecular weight is 1500 g/mol. The highest BCUT2D eigenvalue weighted by atomic mass is 32.2. The minimum atomic E-state index is -3.76. The van der Waals surface area contributed by atoms with Crippen LogP contribution < -0.4 is 35.4 Å². The van der Waals surface area contributed by atoms with Gasteiger partial charge in [0.2, 0.25) is 20.0 Å². The van der Waals surface area contributed by atoms with Gasteiger partial charge in [-0.15, -0.1) is 0 Å². The molecule has 12 rings (SSSR count). The number of nitrogens with zero attached hydrogens (tertiary/aromatic N) is 13. The zero-order valence-electron chi connectivity index (χ0n) is 63.0. The number of ether oxygens (including phenoxy) is 3. The summed E-state index contributed by atoms with van der Waals surface area (Å²) in [6, 6.07) is 15.6. The summed E-state index contributed by atoms with van der Waals surface area (Å²) in [7, 11) is -0.0652. The van der Waals surface area contributed by atoms with E-state index >= 15 is 0 Å². The number of benzene rings is 3. The lowest BCUT2D eigenvalue weighted by Crippen LogP contribution is -2.55. The Morgan fingerprint density at radius 1 is 0.590 bits per heavy atom. The molecule has 0 bridgehead atoms. The number of carbonyl (C=O) groups excluding carboxylic acids is 1. The smallest absolute Gasteiger partial charge is 0.277 e. The minimum Gasteiger partial charge on any atom is -0.493 e. The van der Waals surface area contributed by atoms with Crippen molar-refractivity contribution in [2.45, 2.75) is 161 Å². The summed E-state index contributed by atoms with van der Waals surface area (Å²) in [6.07, 6.45) is 9.50. The van der Waals surface area contributed by atoms with Gasteiger partial charge in [-0.05, 0) is 147 Å². The van der Waals surface area contributed by atoms with Gasteiger partial charge in [-0.3, -0.25) is 33.3 Å². The molecule has 3 aliphatic rings. The number of Topliss-reactive ketones (excluding diaryl/α,β-unsaturated/α-hetero) is 1. The molecule has 31 heteroatoms. The number of piperazine rings is 2. The molecule has 105 heavy (non-hydrogen) atoms. The van der Waals surface area contributed by atoms with E-state index < -0.39 is 20.0 Å². The third-order valence-electron chi connectivity index (χ3n) is 19.1. The summed E-state index contributed by atoms with van der Waals surface area (Å²) in [4.78, 5) is 69.6. The molecule has 6 aromatic heterocycles. The number of nitrogens with one attached hydrogen (secondary N) is 5. The van der Waals surface area contributed by atoms with E-state index in [9.17, 15) is 31.2 Å². The van der Waals surface area contributed by atoms with Gasteiger partial charge in [0.05, 0.1) is 75.4 Å². The van der Waals surface area contributed by atoms with E-state index in [4.69, 9.17) is 36.4 Å². The summed E-state index contributed by atoms with van der Waals surface area (Å²) in [6.45, 7) is 27.1. The predicted molar refractivity (Wildman–Crippen MR) is 412 cm³/mol. The number of aromatic amines is 3.